The van der Waals surface area contributed by atoms with Gasteiger partial charge in [-0.05, 0) is 35.8 Å². The van der Waals surface area contributed by atoms with Crippen LogP contribution in [0.3, 0.4) is 0 Å². The van der Waals surface area contributed by atoms with Gasteiger partial charge in [-0.25, -0.2) is 13.2 Å². The molecule has 0 N–H and O–H groups in total. The number of methoxy groups -OCH3 is 1. The van der Waals surface area contributed by atoms with Crippen LogP contribution >= 0.6 is 11.3 Å². The average molecular weight is 410 g/mol. The molecule has 146 valence electrons. The van der Waals surface area contributed by atoms with Crippen molar-refractivity contribution in [3.63, 3.8) is 0 Å². The lowest BCUT2D eigenvalue weighted by Crippen LogP contribution is -2.41. The second-order valence-electron chi connectivity index (χ2n) is 6.48. The van der Waals surface area contributed by atoms with Gasteiger partial charge < -0.3 is 9.47 Å². The van der Waals surface area contributed by atoms with E-state index in [-0.39, 0.29) is 15.7 Å². The third-order valence-electron chi connectivity index (χ3n) is 4.56. The summed E-state index contributed by atoms with van der Waals surface area (Å²) in [6.45, 7) is 1.87. The highest BCUT2D eigenvalue weighted by Gasteiger charge is 2.34. The van der Waals surface area contributed by atoms with Gasteiger partial charge in [0.25, 0.3) is 0 Å². The molecular formula is C19H23NO5S2. The molecule has 0 bridgehead atoms. The molecule has 1 atom stereocenters. The van der Waals surface area contributed by atoms with Gasteiger partial charge in [-0.2, -0.15) is 4.31 Å². The lowest BCUT2D eigenvalue weighted by atomic mass is 10.0. The summed E-state index contributed by atoms with van der Waals surface area (Å²) in [5.74, 6) is -0.485. The van der Waals surface area contributed by atoms with Crippen LogP contribution in [0.2, 0.25) is 0 Å². The molecule has 0 amide bonds. The predicted octanol–water partition coefficient (Wildman–Crippen LogP) is 3.15. The van der Waals surface area contributed by atoms with E-state index in [1.807, 2.05) is 30.3 Å². The Morgan fingerprint density at radius 1 is 1.26 bits per heavy atom. The van der Waals surface area contributed by atoms with Gasteiger partial charge in [-0.15, -0.1) is 11.3 Å². The van der Waals surface area contributed by atoms with Crippen LogP contribution in [0.25, 0.3) is 0 Å². The van der Waals surface area contributed by atoms with Gasteiger partial charge in [-0.3, -0.25) is 0 Å². The number of carbonyl (C=O) groups is 1. The number of sulfonamides is 1. The van der Waals surface area contributed by atoms with Crippen LogP contribution in [0.1, 0.15) is 28.1 Å². The van der Waals surface area contributed by atoms with E-state index < -0.39 is 16.0 Å². The van der Waals surface area contributed by atoms with Crippen molar-refractivity contribution in [3.05, 3.63) is 52.2 Å². The monoisotopic (exact) mass is 409 g/mol. The van der Waals surface area contributed by atoms with Crippen molar-refractivity contribution in [2.75, 3.05) is 26.8 Å². The topological polar surface area (TPSA) is 72.9 Å². The number of nitrogens with zero attached hydrogens (tertiary/aromatic N) is 1. The Bertz CT molecular complexity index is 863. The van der Waals surface area contributed by atoms with Crippen LogP contribution in [0.4, 0.5) is 0 Å². The Balaban J connectivity index is 1.63. The molecule has 1 aromatic carbocycles. The Hall–Kier alpha value is -1.74. The maximum absolute atomic E-state index is 13.0. The number of esters is 1. The summed E-state index contributed by atoms with van der Waals surface area (Å²) in [7, 11) is -2.48. The quantitative estimate of drug-likeness (QED) is 0.657. The number of ether oxygens (including phenoxy) is 2. The van der Waals surface area contributed by atoms with Gasteiger partial charge >= 0.3 is 5.97 Å². The van der Waals surface area contributed by atoms with Gasteiger partial charge in [0.15, 0.2) is 0 Å². The first-order valence-electron chi connectivity index (χ1n) is 8.80. The summed E-state index contributed by atoms with van der Waals surface area (Å²) in [6.07, 6.45) is 1.70. The van der Waals surface area contributed by atoms with Gasteiger partial charge in [0.2, 0.25) is 10.0 Å². The molecule has 0 radical (unpaired) electrons. The summed E-state index contributed by atoms with van der Waals surface area (Å²) in [5, 5.41) is 1.60. The number of hydrogen-bond acceptors (Lipinski definition) is 6. The molecule has 1 unspecified atom stereocenters. The van der Waals surface area contributed by atoms with Crippen molar-refractivity contribution in [2.24, 2.45) is 5.92 Å². The van der Waals surface area contributed by atoms with Gasteiger partial charge in [0.05, 0.1) is 20.3 Å². The standard InChI is InChI=1S/C19H23NO5S2/c1-24-19(21)18-17(9-11-26-18)27(22,23)20-10-5-8-16(12-20)14-25-13-15-6-3-2-4-7-15/h2-4,6-7,9,11,16H,5,8,10,12-14H2,1H3. The van der Waals surface area contributed by atoms with E-state index in [1.54, 1.807) is 5.38 Å². The Labute approximate surface area is 163 Å². The zero-order valence-corrected chi connectivity index (χ0v) is 16.8. The number of carbonyl (C=O) groups excluding carboxylic acids is 1. The highest BCUT2D eigenvalue weighted by Crippen LogP contribution is 2.29. The van der Waals surface area contributed by atoms with Crippen LogP contribution in [-0.2, 0) is 26.1 Å². The summed E-state index contributed by atoms with van der Waals surface area (Å²) >= 11 is 1.08. The number of rotatable bonds is 7. The third-order valence-corrected chi connectivity index (χ3v) is 7.50. The average Bonchev–Trinajstić information content (AvgIpc) is 3.19. The third kappa shape index (κ3) is 4.76. The Morgan fingerprint density at radius 3 is 2.78 bits per heavy atom. The molecule has 0 aliphatic carbocycles. The fourth-order valence-corrected chi connectivity index (χ4v) is 6.04. The predicted molar refractivity (Wildman–Crippen MR) is 103 cm³/mol. The minimum Gasteiger partial charge on any atom is -0.465 e. The SMILES string of the molecule is COC(=O)c1sccc1S(=O)(=O)N1CCCC(COCc2ccccc2)C1. The Morgan fingerprint density at radius 2 is 2.04 bits per heavy atom. The number of hydrogen-bond donors (Lipinski definition) is 0. The summed E-state index contributed by atoms with van der Waals surface area (Å²) in [5.41, 5.74) is 1.10. The van der Waals surface area contributed by atoms with Gasteiger partial charge in [0.1, 0.15) is 9.77 Å². The fraction of sp³-hybridized carbons (Fsp3) is 0.421. The molecule has 6 nitrogen and oxygen atoms in total. The van der Waals surface area contributed by atoms with E-state index >= 15 is 0 Å². The van der Waals surface area contributed by atoms with Crippen molar-refractivity contribution in [1.82, 2.24) is 4.31 Å². The smallest absolute Gasteiger partial charge is 0.349 e. The van der Waals surface area contributed by atoms with E-state index in [1.165, 1.54) is 17.5 Å². The molecule has 2 aromatic rings. The van der Waals surface area contributed by atoms with Crippen molar-refractivity contribution in [3.8, 4) is 0 Å². The van der Waals surface area contributed by atoms with Crippen molar-refractivity contribution in [1.29, 1.82) is 0 Å². The molecule has 8 heteroatoms. The first kappa shape index (κ1) is 20.0. The first-order valence-corrected chi connectivity index (χ1v) is 11.1. The molecule has 3 rings (SSSR count). The minimum absolute atomic E-state index is 0.0326. The normalized spacial score (nSPS) is 18.3. The zero-order chi connectivity index (χ0) is 19.3. The highest BCUT2D eigenvalue weighted by atomic mass is 32.2. The van der Waals surface area contributed by atoms with Crippen LogP contribution in [0.5, 0.6) is 0 Å². The first-order chi connectivity index (χ1) is 13.0. The fourth-order valence-electron chi connectivity index (χ4n) is 3.18. The molecule has 1 aliphatic rings. The van der Waals surface area contributed by atoms with E-state index in [0.717, 1.165) is 29.7 Å². The zero-order valence-electron chi connectivity index (χ0n) is 15.2. The maximum Gasteiger partial charge on any atom is 0.349 e. The Kier molecular flexibility index (Phi) is 6.64. The van der Waals surface area contributed by atoms with Crippen LogP contribution < -0.4 is 0 Å². The minimum atomic E-state index is -3.73. The second-order valence-corrected chi connectivity index (χ2v) is 9.30. The van der Waals surface area contributed by atoms with Crippen LogP contribution in [0, 0.1) is 5.92 Å². The lowest BCUT2D eigenvalue weighted by Gasteiger charge is -2.31. The molecule has 1 aliphatic heterocycles. The largest absolute Gasteiger partial charge is 0.465 e. The molecule has 2 heterocycles. The molecular weight excluding hydrogens is 386 g/mol. The van der Waals surface area contributed by atoms with E-state index in [9.17, 15) is 13.2 Å². The van der Waals surface area contributed by atoms with Crippen LogP contribution in [-0.4, -0.2) is 45.5 Å². The molecule has 1 fully saturated rings. The molecule has 27 heavy (non-hydrogen) atoms. The van der Waals surface area contributed by atoms with Crippen molar-refractivity contribution >= 4 is 27.3 Å². The van der Waals surface area contributed by atoms with E-state index in [4.69, 9.17) is 9.47 Å². The molecule has 0 saturated carbocycles. The van der Waals surface area contributed by atoms with E-state index in [0.29, 0.717) is 26.3 Å². The molecule has 0 spiro atoms. The second kappa shape index (κ2) is 8.97. The van der Waals surface area contributed by atoms with Crippen LogP contribution in [0.15, 0.2) is 46.7 Å². The molecule has 1 saturated heterocycles. The van der Waals surface area contributed by atoms with Gasteiger partial charge in [0, 0.05) is 13.1 Å². The van der Waals surface area contributed by atoms with Gasteiger partial charge in [-0.1, -0.05) is 30.3 Å². The summed E-state index contributed by atoms with van der Waals surface area (Å²) in [6, 6.07) is 11.4. The van der Waals surface area contributed by atoms with Crippen molar-refractivity contribution < 1.29 is 22.7 Å². The number of thiophene rings is 1. The number of benzene rings is 1. The lowest BCUT2D eigenvalue weighted by molar-refractivity contribution is 0.0600. The molecule has 1 aromatic heterocycles. The summed E-state index contributed by atoms with van der Waals surface area (Å²) in [4.78, 5) is 12.0. The summed E-state index contributed by atoms with van der Waals surface area (Å²) < 4.78 is 38.0. The number of piperidine rings is 1. The highest BCUT2D eigenvalue weighted by molar-refractivity contribution is 7.89. The maximum atomic E-state index is 13.0. The van der Waals surface area contributed by atoms with E-state index in [2.05, 4.69) is 0 Å². The van der Waals surface area contributed by atoms with Crippen molar-refractivity contribution in [2.45, 2.75) is 24.3 Å².